The molecule has 0 saturated carbocycles. The highest BCUT2D eigenvalue weighted by Gasteiger charge is 2.07. The molecule has 0 aliphatic rings. The van der Waals surface area contributed by atoms with E-state index >= 15 is 0 Å². The zero-order valence-electron chi connectivity index (χ0n) is 9.27. The lowest BCUT2D eigenvalue weighted by Crippen LogP contribution is -2.07. The molecular weight excluding hydrogens is 220 g/mol. The van der Waals surface area contributed by atoms with Gasteiger partial charge in [0.15, 0.2) is 0 Å². The van der Waals surface area contributed by atoms with Gasteiger partial charge < -0.3 is 11.1 Å². The molecule has 0 amide bonds. The number of aryl methyl sites for hydroxylation is 1. The Kier molecular flexibility index (Phi) is 3.17. The van der Waals surface area contributed by atoms with Gasteiger partial charge in [-0.15, -0.1) is 0 Å². The first-order chi connectivity index (χ1) is 7.66. The maximum absolute atomic E-state index is 5.90. The zero-order valence-corrected chi connectivity index (χ0v) is 10.1. The Bertz CT molecular complexity index is 478. The minimum absolute atomic E-state index is 0.00211. The SMILES string of the molecule is Cc1nsc(Nc2ccccc2C(C)N)n1. The van der Waals surface area contributed by atoms with E-state index in [1.165, 1.54) is 11.5 Å². The molecule has 1 atom stereocenters. The lowest BCUT2D eigenvalue weighted by molar-refractivity contribution is 0.820. The first-order valence-corrected chi connectivity index (χ1v) is 5.86. The van der Waals surface area contributed by atoms with Crippen LogP contribution in [0.5, 0.6) is 0 Å². The maximum Gasteiger partial charge on any atom is 0.207 e. The third kappa shape index (κ3) is 2.37. The minimum Gasteiger partial charge on any atom is -0.330 e. The van der Waals surface area contributed by atoms with Gasteiger partial charge in [0.1, 0.15) is 5.82 Å². The molecular formula is C11H14N4S. The number of para-hydroxylation sites is 1. The Morgan fingerprint density at radius 3 is 2.75 bits per heavy atom. The minimum atomic E-state index is -0.00211. The molecule has 0 aliphatic carbocycles. The quantitative estimate of drug-likeness (QED) is 0.856. The van der Waals surface area contributed by atoms with E-state index in [0.29, 0.717) is 0 Å². The van der Waals surface area contributed by atoms with Crippen molar-refractivity contribution in [3.8, 4) is 0 Å². The molecule has 0 spiro atoms. The maximum atomic E-state index is 5.90. The average molecular weight is 234 g/mol. The third-order valence-electron chi connectivity index (χ3n) is 2.22. The van der Waals surface area contributed by atoms with Crippen molar-refractivity contribution in [2.24, 2.45) is 5.73 Å². The van der Waals surface area contributed by atoms with E-state index < -0.39 is 0 Å². The summed E-state index contributed by atoms with van der Waals surface area (Å²) in [6, 6.07) is 7.96. The summed E-state index contributed by atoms with van der Waals surface area (Å²) >= 11 is 1.35. The van der Waals surface area contributed by atoms with Crippen LogP contribution in [0.4, 0.5) is 10.8 Å². The van der Waals surface area contributed by atoms with Gasteiger partial charge in [0.25, 0.3) is 0 Å². The third-order valence-corrected chi connectivity index (χ3v) is 2.94. The molecule has 4 nitrogen and oxygen atoms in total. The first kappa shape index (κ1) is 11.0. The summed E-state index contributed by atoms with van der Waals surface area (Å²) in [6.45, 7) is 3.84. The van der Waals surface area contributed by atoms with Crippen molar-refractivity contribution in [2.45, 2.75) is 19.9 Å². The van der Waals surface area contributed by atoms with Crippen LogP contribution in [0.25, 0.3) is 0 Å². The fourth-order valence-electron chi connectivity index (χ4n) is 1.47. The lowest BCUT2D eigenvalue weighted by atomic mass is 10.1. The Hall–Kier alpha value is -1.46. The highest BCUT2D eigenvalue weighted by molar-refractivity contribution is 7.09. The highest BCUT2D eigenvalue weighted by Crippen LogP contribution is 2.25. The predicted molar refractivity (Wildman–Crippen MR) is 67.0 cm³/mol. The molecule has 5 heteroatoms. The molecule has 1 aromatic carbocycles. The van der Waals surface area contributed by atoms with E-state index in [4.69, 9.17) is 5.73 Å². The Morgan fingerprint density at radius 2 is 2.12 bits per heavy atom. The second kappa shape index (κ2) is 4.59. The van der Waals surface area contributed by atoms with Gasteiger partial charge in [0.05, 0.1) is 0 Å². The van der Waals surface area contributed by atoms with Crippen LogP contribution in [0.3, 0.4) is 0 Å². The van der Waals surface area contributed by atoms with E-state index in [-0.39, 0.29) is 6.04 Å². The molecule has 0 aliphatic heterocycles. The van der Waals surface area contributed by atoms with Crippen LogP contribution in [0.15, 0.2) is 24.3 Å². The smallest absolute Gasteiger partial charge is 0.207 e. The molecule has 1 unspecified atom stereocenters. The number of benzene rings is 1. The number of hydrogen-bond donors (Lipinski definition) is 2. The predicted octanol–water partition coefficient (Wildman–Crippen LogP) is 2.61. The van der Waals surface area contributed by atoms with Gasteiger partial charge in [-0.1, -0.05) is 18.2 Å². The first-order valence-electron chi connectivity index (χ1n) is 5.08. The number of nitrogens with two attached hydrogens (primary N) is 1. The van der Waals surface area contributed by atoms with Crippen molar-refractivity contribution < 1.29 is 0 Å². The highest BCUT2D eigenvalue weighted by atomic mass is 32.1. The number of anilines is 2. The molecule has 1 heterocycles. The van der Waals surface area contributed by atoms with Crippen LogP contribution in [-0.4, -0.2) is 9.36 Å². The number of nitrogens with one attached hydrogen (secondary N) is 1. The average Bonchev–Trinajstić information content (AvgIpc) is 2.64. The molecule has 0 radical (unpaired) electrons. The van der Waals surface area contributed by atoms with Crippen molar-refractivity contribution in [3.05, 3.63) is 35.7 Å². The molecule has 0 fully saturated rings. The monoisotopic (exact) mass is 234 g/mol. The summed E-state index contributed by atoms with van der Waals surface area (Å²) in [6.07, 6.45) is 0. The lowest BCUT2D eigenvalue weighted by Gasteiger charge is -2.12. The molecule has 84 valence electrons. The Balaban J connectivity index is 2.27. The second-order valence-electron chi connectivity index (χ2n) is 3.65. The van der Waals surface area contributed by atoms with Crippen LogP contribution in [-0.2, 0) is 0 Å². The molecule has 16 heavy (non-hydrogen) atoms. The topological polar surface area (TPSA) is 63.8 Å². The van der Waals surface area contributed by atoms with Crippen molar-refractivity contribution in [1.82, 2.24) is 9.36 Å². The van der Waals surface area contributed by atoms with E-state index in [1.807, 2.05) is 38.1 Å². The summed E-state index contributed by atoms with van der Waals surface area (Å²) in [4.78, 5) is 4.26. The van der Waals surface area contributed by atoms with Crippen LogP contribution in [0, 0.1) is 6.92 Å². The number of rotatable bonds is 3. The van der Waals surface area contributed by atoms with Gasteiger partial charge in [0, 0.05) is 23.3 Å². The van der Waals surface area contributed by atoms with Crippen molar-refractivity contribution in [3.63, 3.8) is 0 Å². The molecule has 0 saturated heterocycles. The number of aromatic nitrogens is 2. The Labute approximate surface area is 98.7 Å². The standard InChI is InChI=1S/C11H14N4S/c1-7(12)9-5-3-4-6-10(9)14-11-13-8(2)15-16-11/h3-7H,12H2,1-2H3,(H,13,14,15). The largest absolute Gasteiger partial charge is 0.330 e. The summed E-state index contributed by atoms with van der Waals surface area (Å²) in [5.41, 5.74) is 7.97. The van der Waals surface area contributed by atoms with Crippen LogP contribution in [0.2, 0.25) is 0 Å². The Morgan fingerprint density at radius 1 is 1.38 bits per heavy atom. The van der Waals surface area contributed by atoms with Gasteiger partial charge in [0.2, 0.25) is 5.13 Å². The van der Waals surface area contributed by atoms with Crippen molar-refractivity contribution in [2.75, 3.05) is 5.32 Å². The van der Waals surface area contributed by atoms with Crippen molar-refractivity contribution in [1.29, 1.82) is 0 Å². The van der Waals surface area contributed by atoms with Gasteiger partial charge in [-0.25, -0.2) is 4.98 Å². The summed E-state index contributed by atoms with van der Waals surface area (Å²) in [5.74, 6) is 0.783. The van der Waals surface area contributed by atoms with Crippen molar-refractivity contribution >= 4 is 22.4 Å². The second-order valence-corrected chi connectivity index (χ2v) is 4.40. The van der Waals surface area contributed by atoms with Crippen LogP contribution >= 0.6 is 11.5 Å². The van der Waals surface area contributed by atoms with E-state index in [2.05, 4.69) is 14.7 Å². The molecule has 3 N–H and O–H groups in total. The molecule has 1 aromatic heterocycles. The van der Waals surface area contributed by atoms with Gasteiger partial charge in [-0.3, -0.25) is 0 Å². The molecule has 0 bridgehead atoms. The normalized spacial score (nSPS) is 12.4. The summed E-state index contributed by atoms with van der Waals surface area (Å²) < 4.78 is 4.12. The van der Waals surface area contributed by atoms with Crippen LogP contribution in [0.1, 0.15) is 24.4 Å². The summed E-state index contributed by atoms with van der Waals surface area (Å²) in [5, 5.41) is 4.04. The number of nitrogens with zero attached hydrogens (tertiary/aromatic N) is 2. The fourth-order valence-corrected chi connectivity index (χ4v) is 2.06. The van der Waals surface area contributed by atoms with Gasteiger partial charge in [-0.2, -0.15) is 4.37 Å². The summed E-state index contributed by atoms with van der Waals surface area (Å²) in [7, 11) is 0. The zero-order chi connectivity index (χ0) is 11.5. The van der Waals surface area contributed by atoms with Crippen LogP contribution < -0.4 is 11.1 Å². The van der Waals surface area contributed by atoms with Gasteiger partial charge >= 0.3 is 0 Å². The van der Waals surface area contributed by atoms with Gasteiger partial charge in [-0.05, 0) is 25.5 Å². The van der Waals surface area contributed by atoms with E-state index in [1.54, 1.807) is 0 Å². The van der Waals surface area contributed by atoms with E-state index in [9.17, 15) is 0 Å². The molecule has 2 aromatic rings. The van der Waals surface area contributed by atoms with E-state index in [0.717, 1.165) is 22.2 Å². The fraction of sp³-hybridized carbons (Fsp3) is 0.273. The number of hydrogen-bond acceptors (Lipinski definition) is 5. The molecule has 2 rings (SSSR count).